The number of para-hydroxylation sites is 1. The van der Waals surface area contributed by atoms with Gasteiger partial charge in [-0.25, -0.2) is 4.98 Å². The molecular formula is C13H14N2O. The van der Waals surface area contributed by atoms with Gasteiger partial charge in [0.2, 0.25) is 0 Å². The fourth-order valence-electron chi connectivity index (χ4n) is 2.31. The maximum atomic E-state index is 6.09. The number of imidazole rings is 1. The van der Waals surface area contributed by atoms with Gasteiger partial charge in [-0.05, 0) is 18.1 Å². The third-order valence-corrected chi connectivity index (χ3v) is 3.25. The largest absolute Gasteiger partial charge is 0.479 e. The van der Waals surface area contributed by atoms with E-state index in [1.807, 2.05) is 18.3 Å². The van der Waals surface area contributed by atoms with E-state index in [1.54, 1.807) is 6.20 Å². The van der Waals surface area contributed by atoms with Crippen molar-refractivity contribution in [2.24, 2.45) is 0 Å². The molecule has 0 bridgehead atoms. The first kappa shape index (κ1) is 9.46. The molecule has 0 amide bonds. The molecule has 1 atom stereocenters. The number of aromatic nitrogens is 2. The number of fused-ring (bicyclic) bond motifs is 1. The van der Waals surface area contributed by atoms with E-state index in [0.29, 0.717) is 0 Å². The third kappa shape index (κ3) is 1.24. The van der Waals surface area contributed by atoms with Gasteiger partial charge >= 0.3 is 0 Å². The summed E-state index contributed by atoms with van der Waals surface area (Å²) in [4.78, 5) is 7.51. The van der Waals surface area contributed by atoms with Gasteiger partial charge in [-0.3, -0.25) is 0 Å². The predicted molar refractivity (Wildman–Crippen MR) is 61.3 cm³/mol. The highest BCUT2D eigenvalue weighted by Crippen LogP contribution is 2.41. The molecule has 1 aromatic heterocycles. The van der Waals surface area contributed by atoms with E-state index in [4.69, 9.17) is 4.74 Å². The molecule has 3 rings (SSSR count). The maximum Gasteiger partial charge on any atom is 0.170 e. The number of ether oxygens (including phenoxy) is 1. The highest BCUT2D eigenvalue weighted by atomic mass is 16.5. The first-order chi connectivity index (χ1) is 7.84. The van der Waals surface area contributed by atoms with E-state index in [1.165, 1.54) is 5.56 Å². The molecule has 2 heterocycles. The number of nitrogens with one attached hydrogen (secondary N) is 1. The normalized spacial score (nSPS) is 22.8. The third-order valence-electron chi connectivity index (χ3n) is 3.25. The highest BCUT2D eigenvalue weighted by molar-refractivity contribution is 5.40. The van der Waals surface area contributed by atoms with Crippen LogP contribution in [0.15, 0.2) is 36.7 Å². The van der Waals surface area contributed by atoms with Crippen molar-refractivity contribution in [1.29, 1.82) is 0 Å². The fraction of sp³-hybridized carbons (Fsp3) is 0.308. The summed E-state index contributed by atoms with van der Waals surface area (Å²) < 4.78 is 6.09. The fourth-order valence-corrected chi connectivity index (χ4v) is 2.31. The Morgan fingerprint density at radius 1 is 1.44 bits per heavy atom. The van der Waals surface area contributed by atoms with Gasteiger partial charge in [-0.1, -0.05) is 25.1 Å². The number of nitrogens with zero attached hydrogens (tertiary/aromatic N) is 1. The Labute approximate surface area is 94.5 Å². The van der Waals surface area contributed by atoms with E-state index < -0.39 is 0 Å². The predicted octanol–water partition coefficient (Wildman–Crippen LogP) is 2.65. The zero-order chi connectivity index (χ0) is 11.0. The van der Waals surface area contributed by atoms with Crippen LogP contribution in [0, 0.1) is 0 Å². The number of benzene rings is 1. The van der Waals surface area contributed by atoms with Crippen molar-refractivity contribution in [2.75, 3.05) is 0 Å². The minimum atomic E-state index is -0.298. The van der Waals surface area contributed by atoms with Crippen molar-refractivity contribution in [3.8, 4) is 5.75 Å². The van der Waals surface area contributed by atoms with Crippen LogP contribution in [-0.2, 0) is 12.0 Å². The van der Waals surface area contributed by atoms with Crippen LogP contribution >= 0.6 is 0 Å². The second kappa shape index (κ2) is 3.37. The first-order valence-corrected chi connectivity index (χ1v) is 5.61. The molecule has 3 nitrogen and oxygen atoms in total. The monoisotopic (exact) mass is 214 g/mol. The van der Waals surface area contributed by atoms with Gasteiger partial charge in [0.15, 0.2) is 11.4 Å². The second-order valence-corrected chi connectivity index (χ2v) is 4.17. The molecule has 0 aliphatic carbocycles. The van der Waals surface area contributed by atoms with Crippen LogP contribution in [-0.4, -0.2) is 9.97 Å². The number of H-pyrrole nitrogens is 1. The Balaban J connectivity index is 2.03. The molecule has 1 aromatic carbocycles. The average molecular weight is 214 g/mol. The van der Waals surface area contributed by atoms with Crippen LogP contribution in [0.1, 0.15) is 24.7 Å². The average Bonchev–Trinajstić information content (AvgIpc) is 2.96. The lowest BCUT2D eigenvalue weighted by Crippen LogP contribution is -2.31. The standard InChI is InChI=1S/C13H14N2O/c1-2-13(12-14-7-8-15-12)9-10-5-3-4-6-11(10)16-13/h3-8H,2,9H2,1H3,(H,14,15)/t13-/m0/s1. The highest BCUT2D eigenvalue weighted by Gasteiger charge is 2.41. The molecule has 1 N–H and O–H groups in total. The summed E-state index contributed by atoms with van der Waals surface area (Å²) in [5.74, 6) is 1.91. The summed E-state index contributed by atoms with van der Waals surface area (Å²) in [5.41, 5.74) is 0.966. The Morgan fingerprint density at radius 2 is 2.31 bits per heavy atom. The lowest BCUT2D eigenvalue weighted by atomic mass is 9.93. The number of hydrogen-bond acceptors (Lipinski definition) is 2. The van der Waals surface area contributed by atoms with Crippen LogP contribution in [0.25, 0.3) is 0 Å². The van der Waals surface area contributed by atoms with E-state index in [-0.39, 0.29) is 5.60 Å². The Bertz CT molecular complexity index is 465. The van der Waals surface area contributed by atoms with E-state index >= 15 is 0 Å². The molecule has 1 aliphatic heterocycles. The molecule has 0 unspecified atom stereocenters. The van der Waals surface area contributed by atoms with Gasteiger partial charge in [0.05, 0.1) is 0 Å². The quantitative estimate of drug-likeness (QED) is 0.834. The molecule has 0 saturated heterocycles. The summed E-state index contributed by atoms with van der Waals surface area (Å²) in [6.45, 7) is 2.13. The molecule has 0 spiro atoms. The molecule has 16 heavy (non-hydrogen) atoms. The maximum absolute atomic E-state index is 6.09. The van der Waals surface area contributed by atoms with Gasteiger partial charge in [0.1, 0.15) is 5.75 Å². The molecular weight excluding hydrogens is 200 g/mol. The minimum absolute atomic E-state index is 0.298. The molecule has 82 valence electrons. The van der Waals surface area contributed by atoms with Gasteiger partial charge in [-0.15, -0.1) is 0 Å². The van der Waals surface area contributed by atoms with Crippen molar-refractivity contribution in [3.05, 3.63) is 48.0 Å². The first-order valence-electron chi connectivity index (χ1n) is 5.61. The molecule has 0 radical (unpaired) electrons. The number of rotatable bonds is 2. The van der Waals surface area contributed by atoms with Crippen LogP contribution < -0.4 is 4.74 Å². The zero-order valence-electron chi connectivity index (χ0n) is 9.23. The molecule has 0 saturated carbocycles. The zero-order valence-corrected chi connectivity index (χ0v) is 9.23. The summed E-state index contributed by atoms with van der Waals surface area (Å²) >= 11 is 0. The van der Waals surface area contributed by atoms with Crippen LogP contribution in [0.5, 0.6) is 5.75 Å². The number of hydrogen-bond donors (Lipinski definition) is 1. The van der Waals surface area contributed by atoms with Gasteiger partial charge in [0.25, 0.3) is 0 Å². The lowest BCUT2D eigenvalue weighted by molar-refractivity contribution is 0.0792. The van der Waals surface area contributed by atoms with E-state index in [0.717, 1.165) is 24.4 Å². The molecule has 3 heteroatoms. The number of aromatic amines is 1. The van der Waals surface area contributed by atoms with Crippen molar-refractivity contribution in [1.82, 2.24) is 9.97 Å². The van der Waals surface area contributed by atoms with Gasteiger partial charge < -0.3 is 9.72 Å². The van der Waals surface area contributed by atoms with Crippen LogP contribution in [0.2, 0.25) is 0 Å². The van der Waals surface area contributed by atoms with E-state index in [9.17, 15) is 0 Å². The summed E-state index contributed by atoms with van der Waals surface area (Å²) in [6.07, 6.45) is 5.43. The topological polar surface area (TPSA) is 37.9 Å². The van der Waals surface area contributed by atoms with Crippen molar-refractivity contribution in [2.45, 2.75) is 25.4 Å². The van der Waals surface area contributed by atoms with Crippen molar-refractivity contribution in [3.63, 3.8) is 0 Å². The van der Waals surface area contributed by atoms with Gasteiger partial charge in [-0.2, -0.15) is 0 Å². The molecule has 1 aliphatic rings. The van der Waals surface area contributed by atoms with Crippen LogP contribution in [0.3, 0.4) is 0 Å². The van der Waals surface area contributed by atoms with E-state index in [2.05, 4.69) is 29.0 Å². The SMILES string of the molecule is CC[C@@]1(c2ncc[nH]2)Cc2ccccc2O1. The van der Waals surface area contributed by atoms with Crippen molar-refractivity contribution < 1.29 is 4.74 Å². The Hall–Kier alpha value is -1.77. The Morgan fingerprint density at radius 3 is 3.00 bits per heavy atom. The smallest absolute Gasteiger partial charge is 0.170 e. The second-order valence-electron chi connectivity index (χ2n) is 4.17. The van der Waals surface area contributed by atoms with Crippen molar-refractivity contribution >= 4 is 0 Å². The molecule has 0 fully saturated rings. The lowest BCUT2D eigenvalue weighted by Gasteiger charge is -2.24. The molecule has 2 aromatic rings. The Kier molecular flexibility index (Phi) is 1.99. The summed E-state index contributed by atoms with van der Waals surface area (Å²) in [7, 11) is 0. The minimum Gasteiger partial charge on any atom is -0.479 e. The van der Waals surface area contributed by atoms with Crippen LogP contribution in [0.4, 0.5) is 0 Å². The van der Waals surface area contributed by atoms with Gasteiger partial charge in [0, 0.05) is 18.8 Å². The summed E-state index contributed by atoms with van der Waals surface area (Å²) in [6, 6.07) is 8.20. The summed E-state index contributed by atoms with van der Waals surface area (Å²) in [5, 5.41) is 0.